The van der Waals surface area contributed by atoms with Crippen LogP contribution in [0.1, 0.15) is 21.6 Å². The first-order chi connectivity index (χ1) is 12.9. The summed E-state index contributed by atoms with van der Waals surface area (Å²) in [5.41, 5.74) is 3.36. The predicted molar refractivity (Wildman–Crippen MR) is 117 cm³/mol. The minimum atomic E-state index is -0.0822. The number of likely N-dealkylation sites (N-methyl/N-ethyl adjacent to an activating group) is 1. The Morgan fingerprint density at radius 3 is 2.63 bits per heavy atom. The molecule has 6 heteroatoms. The van der Waals surface area contributed by atoms with Crippen LogP contribution in [0.2, 0.25) is 5.02 Å². The van der Waals surface area contributed by atoms with E-state index in [9.17, 15) is 4.79 Å². The van der Waals surface area contributed by atoms with Crippen LogP contribution in [0.5, 0.6) is 0 Å². The number of nitrogens with one attached hydrogen (secondary N) is 2. The van der Waals surface area contributed by atoms with Crippen molar-refractivity contribution < 1.29 is 4.79 Å². The van der Waals surface area contributed by atoms with Gasteiger partial charge < -0.3 is 15.2 Å². The van der Waals surface area contributed by atoms with Crippen LogP contribution in [0, 0.1) is 0 Å². The predicted octanol–water partition coefficient (Wildman–Crippen LogP) is 5.05. The molecule has 2 N–H and O–H groups in total. The Morgan fingerprint density at radius 1 is 1.19 bits per heavy atom. The average molecular weight is 447 g/mol. The molecule has 3 aromatic rings. The molecule has 1 heterocycles. The van der Waals surface area contributed by atoms with E-state index in [1.807, 2.05) is 73.6 Å². The van der Waals surface area contributed by atoms with Gasteiger partial charge in [-0.3, -0.25) is 4.79 Å². The first-order valence-electron chi connectivity index (χ1n) is 8.62. The molecule has 0 saturated heterocycles. The van der Waals surface area contributed by atoms with E-state index < -0.39 is 0 Å². The first-order valence-corrected chi connectivity index (χ1v) is 9.79. The van der Waals surface area contributed by atoms with Gasteiger partial charge in [-0.25, -0.2) is 0 Å². The standard InChI is InChI=1S/C21H21BrClN3O/c1-26(2)12-11-24-21(27)20-17-9-6-15(22)13-19(17)25-18(20)10-5-14-3-7-16(23)8-4-14/h3-10,13,25H,11-12H2,1-2H3,(H,24,27). The number of nitrogens with zero attached hydrogens (tertiary/aromatic N) is 1. The maximum Gasteiger partial charge on any atom is 0.254 e. The van der Waals surface area contributed by atoms with Crippen LogP contribution in [0.4, 0.5) is 0 Å². The van der Waals surface area contributed by atoms with Crippen LogP contribution in [0.25, 0.3) is 23.1 Å². The number of fused-ring (bicyclic) bond motifs is 1. The average Bonchev–Trinajstić information content (AvgIpc) is 2.98. The second-order valence-corrected chi connectivity index (χ2v) is 7.90. The number of carbonyl (C=O) groups is 1. The topological polar surface area (TPSA) is 48.1 Å². The molecule has 1 amide bonds. The highest BCUT2D eigenvalue weighted by atomic mass is 79.9. The first kappa shape index (κ1) is 19.7. The Hall–Kier alpha value is -2.08. The quantitative estimate of drug-likeness (QED) is 0.557. The lowest BCUT2D eigenvalue weighted by Gasteiger charge is -2.10. The van der Waals surface area contributed by atoms with Gasteiger partial charge in [-0.2, -0.15) is 0 Å². The molecular weight excluding hydrogens is 426 g/mol. The summed E-state index contributed by atoms with van der Waals surface area (Å²) in [5, 5.41) is 4.60. The van der Waals surface area contributed by atoms with E-state index in [2.05, 4.69) is 26.2 Å². The second kappa shape index (κ2) is 8.74. The van der Waals surface area contributed by atoms with Gasteiger partial charge in [-0.1, -0.05) is 51.8 Å². The summed E-state index contributed by atoms with van der Waals surface area (Å²) in [4.78, 5) is 18.2. The van der Waals surface area contributed by atoms with Crippen molar-refractivity contribution in [3.8, 4) is 0 Å². The van der Waals surface area contributed by atoms with Gasteiger partial charge in [0.15, 0.2) is 0 Å². The number of carbonyl (C=O) groups excluding carboxylic acids is 1. The van der Waals surface area contributed by atoms with Crippen LogP contribution in [0.3, 0.4) is 0 Å². The van der Waals surface area contributed by atoms with Crippen LogP contribution in [0.15, 0.2) is 46.9 Å². The van der Waals surface area contributed by atoms with Crippen LogP contribution >= 0.6 is 27.5 Å². The summed E-state index contributed by atoms with van der Waals surface area (Å²) in [5.74, 6) is -0.0822. The second-order valence-electron chi connectivity index (χ2n) is 6.55. The van der Waals surface area contributed by atoms with Crippen molar-refractivity contribution in [2.45, 2.75) is 0 Å². The summed E-state index contributed by atoms with van der Waals surface area (Å²) >= 11 is 9.43. The number of hydrogen-bond donors (Lipinski definition) is 2. The van der Waals surface area contributed by atoms with Gasteiger partial charge in [-0.15, -0.1) is 0 Å². The van der Waals surface area contributed by atoms with Crippen molar-refractivity contribution in [2.75, 3.05) is 27.2 Å². The largest absolute Gasteiger partial charge is 0.354 e. The molecule has 0 unspecified atom stereocenters. The number of rotatable bonds is 6. The Bertz CT molecular complexity index is 977. The number of aromatic nitrogens is 1. The van der Waals surface area contributed by atoms with E-state index in [0.717, 1.165) is 33.2 Å². The molecular formula is C21H21BrClN3O. The van der Waals surface area contributed by atoms with Gasteiger partial charge >= 0.3 is 0 Å². The number of aromatic amines is 1. The lowest BCUT2D eigenvalue weighted by atomic mass is 10.1. The third-order valence-electron chi connectivity index (χ3n) is 4.17. The van der Waals surface area contributed by atoms with Crippen molar-refractivity contribution in [2.24, 2.45) is 0 Å². The highest BCUT2D eigenvalue weighted by Crippen LogP contribution is 2.27. The molecule has 0 bridgehead atoms. The number of benzene rings is 2. The molecule has 2 aromatic carbocycles. The normalized spacial score (nSPS) is 11.6. The van der Waals surface area contributed by atoms with Gasteiger partial charge in [0.05, 0.1) is 11.3 Å². The molecule has 140 valence electrons. The molecule has 4 nitrogen and oxygen atoms in total. The Labute approximate surface area is 172 Å². The highest BCUT2D eigenvalue weighted by Gasteiger charge is 2.17. The smallest absolute Gasteiger partial charge is 0.254 e. The van der Waals surface area contributed by atoms with E-state index >= 15 is 0 Å². The molecule has 1 aromatic heterocycles. The van der Waals surface area contributed by atoms with Gasteiger partial charge in [0.2, 0.25) is 0 Å². The number of halogens is 2. The Balaban J connectivity index is 1.95. The van der Waals surface area contributed by atoms with E-state index in [-0.39, 0.29) is 5.91 Å². The van der Waals surface area contributed by atoms with Gasteiger partial charge in [0, 0.05) is 33.5 Å². The van der Waals surface area contributed by atoms with Crippen LogP contribution in [-0.4, -0.2) is 43.0 Å². The molecule has 0 saturated carbocycles. The summed E-state index contributed by atoms with van der Waals surface area (Å²) in [6, 6.07) is 13.4. The van der Waals surface area contributed by atoms with Crippen molar-refractivity contribution >= 4 is 56.5 Å². The lowest BCUT2D eigenvalue weighted by Crippen LogP contribution is -2.31. The molecule has 0 aliphatic heterocycles. The molecule has 27 heavy (non-hydrogen) atoms. The van der Waals surface area contributed by atoms with Crippen molar-refractivity contribution in [1.82, 2.24) is 15.2 Å². The third kappa shape index (κ3) is 5.01. The lowest BCUT2D eigenvalue weighted by molar-refractivity contribution is 0.0952. The molecule has 0 fully saturated rings. The molecule has 3 rings (SSSR count). The van der Waals surface area contributed by atoms with Gasteiger partial charge in [-0.05, 0) is 50.0 Å². The van der Waals surface area contributed by atoms with E-state index in [1.165, 1.54) is 0 Å². The zero-order valence-electron chi connectivity index (χ0n) is 15.2. The minimum Gasteiger partial charge on any atom is -0.354 e. The number of hydrogen-bond acceptors (Lipinski definition) is 2. The van der Waals surface area contributed by atoms with E-state index in [1.54, 1.807) is 0 Å². The Morgan fingerprint density at radius 2 is 1.93 bits per heavy atom. The van der Waals surface area contributed by atoms with Crippen molar-refractivity contribution in [1.29, 1.82) is 0 Å². The Kier molecular flexibility index (Phi) is 6.37. The zero-order chi connectivity index (χ0) is 19.4. The molecule has 0 atom stereocenters. The number of H-pyrrole nitrogens is 1. The van der Waals surface area contributed by atoms with Crippen LogP contribution in [-0.2, 0) is 0 Å². The summed E-state index contributed by atoms with van der Waals surface area (Å²) < 4.78 is 0.962. The third-order valence-corrected chi connectivity index (χ3v) is 4.92. The van der Waals surface area contributed by atoms with E-state index in [4.69, 9.17) is 11.6 Å². The fourth-order valence-corrected chi connectivity index (χ4v) is 3.28. The summed E-state index contributed by atoms with van der Waals surface area (Å²) in [6.07, 6.45) is 3.89. The molecule has 0 aliphatic carbocycles. The fraction of sp³-hybridized carbons (Fsp3) is 0.190. The molecule has 0 radical (unpaired) electrons. The highest BCUT2D eigenvalue weighted by molar-refractivity contribution is 9.10. The minimum absolute atomic E-state index is 0.0822. The maximum atomic E-state index is 12.9. The maximum absolute atomic E-state index is 12.9. The molecule has 0 aliphatic rings. The fourth-order valence-electron chi connectivity index (χ4n) is 2.80. The number of amides is 1. The van der Waals surface area contributed by atoms with Gasteiger partial charge in [0.25, 0.3) is 5.91 Å². The van der Waals surface area contributed by atoms with Crippen molar-refractivity contribution in [3.05, 3.63) is 68.8 Å². The van der Waals surface area contributed by atoms with Gasteiger partial charge in [0.1, 0.15) is 0 Å². The SMILES string of the molecule is CN(C)CCNC(=O)c1c(C=Cc2ccc(Cl)cc2)[nH]c2cc(Br)ccc12. The zero-order valence-corrected chi connectivity index (χ0v) is 17.6. The van der Waals surface area contributed by atoms with Crippen LogP contribution < -0.4 is 5.32 Å². The molecule has 0 spiro atoms. The summed E-state index contributed by atoms with van der Waals surface area (Å²) in [6.45, 7) is 1.38. The monoisotopic (exact) mass is 445 g/mol. The van der Waals surface area contributed by atoms with E-state index in [0.29, 0.717) is 17.1 Å². The van der Waals surface area contributed by atoms with Crippen molar-refractivity contribution in [3.63, 3.8) is 0 Å². The summed E-state index contributed by atoms with van der Waals surface area (Å²) in [7, 11) is 3.96.